The predicted octanol–water partition coefficient (Wildman–Crippen LogP) is 3.09. The summed E-state index contributed by atoms with van der Waals surface area (Å²) in [5, 5.41) is 1.56. The van der Waals surface area contributed by atoms with E-state index in [9.17, 15) is 14.0 Å². The highest BCUT2D eigenvalue weighted by molar-refractivity contribution is 5.95. The third-order valence-electron chi connectivity index (χ3n) is 4.29. The summed E-state index contributed by atoms with van der Waals surface area (Å²) < 4.78 is 23.7. The van der Waals surface area contributed by atoms with Gasteiger partial charge in [0.05, 0.1) is 24.8 Å². The Hall–Kier alpha value is -2.93. The first-order valence-electron chi connectivity index (χ1n) is 8.60. The van der Waals surface area contributed by atoms with E-state index in [-0.39, 0.29) is 22.8 Å². The van der Waals surface area contributed by atoms with Crippen LogP contribution >= 0.6 is 0 Å². The molecule has 6 nitrogen and oxygen atoms in total. The lowest BCUT2D eigenvalue weighted by Crippen LogP contribution is -2.26. The highest BCUT2D eigenvalue weighted by Gasteiger charge is 2.27. The molecule has 0 N–H and O–H groups in total. The van der Waals surface area contributed by atoms with Crippen molar-refractivity contribution < 1.29 is 28.3 Å². The number of ether oxygens (including phenoxy) is 2. The fourth-order valence-corrected chi connectivity index (χ4v) is 2.85. The van der Waals surface area contributed by atoms with Gasteiger partial charge in [-0.3, -0.25) is 0 Å². The Kier molecular flexibility index (Phi) is 6.03. The second-order valence-corrected chi connectivity index (χ2v) is 6.24. The van der Waals surface area contributed by atoms with Gasteiger partial charge in [-0.05, 0) is 36.8 Å². The number of hydroxylamine groups is 2. The first-order valence-corrected chi connectivity index (χ1v) is 8.60. The van der Waals surface area contributed by atoms with E-state index in [0.29, 0.717) is 19.7 Å². The molecule has 2 aromatic rings. The minimum absolute atomic E-state index is 0.124. The van der Waals surface area contributed by atoms with Crippen LogP contribution in [-0.2, 0) is 9.57 Å². The summed E-state index contributed by atoms with van der Waals surface area (Å²) >= 11 is 0. The molecule has 0 spiro atoms. The number of hydrogen-bond donors (Lipinski definition) is 0. The molecule has 142 valence electrons. The van der Waals surface area contributed by atoms with Crippen LogP contribution in [0, 0.1) is 11.7 Å². The van der Waals surface area contributed by atoms with Crippen LogP contribution in [0.1, 0.15) is 27.1 Å². The molecule has 1 saturated heterocycles. The molecule has 1 unspecified atom stereocenters. The molecule has 1 atom stereocenters. The van der Waals surface area contributed by atoms with Crippen molar-refractivity contribution in [2.75, 3.05) is 26.8 Å². The van der Waals surface area contributed by atoms with Crippen LogP contribution in [0.15, 0.2) is 48.5 Å². The maximum atomic E-state index is 13.6. The van der Waals surface area contributed by atoms with Gasteiger partial charge in [0.15, 0.2) is 11.6 Å². The summed E-state index contributed by atoms with van der Waals surface area (Å²) in [5.41, 5.74) is 0.550. The number of methoxy groups -OCH3 is 1. The quantitative estimate of drug-likeness (QED) is 0.725. The van der Waals surface area contributed by atoms with Crippen LogP contribution in [0.25, 0.3) is 0 Å². The summed E-state index contributed by atoms with van der Waals surface area (Å²) in [5.74, 6) is -1.12. The number of halogens is 1. The van der Waals surface area contributed by atoms with Crippen LogP contribution in [0.3, 0.4) is 0 Å². The Morgan fingerprint density at radius 2 is 1.85 bits per heavy atom. The Bertz CT molecular complexity index is 826. The molecule has 0 aromatic heterocycles. The van der Waals surface area contributed by atoms with Gasteiger partial charge in [-0.1, -0.05) is 18.2 Å². The maximum Gasteiger partial charge on any atom is 0.357 e. The van der Waals surface area contributed by atoms with E-state index < -0.39 is 17.8 Å². The second-order valence-electron chi connectivity index (χ2n) is 6.24. The van der Waals surface area contributed by atoms with E-state index in [1.807, 2.05) is 0 Å². The molecule has 0 saturated carbocycles. The molecule has 1 fully saturated rings. The van der Waals surface area contributed by atoms with Crippen molar-refractivity contribution in [2.45, 2.75) is 6.42 Å². The number of para-hydroxylation sites is 1. The highest BCUT2D eigenvalue weighted by Crippen LogP contribution is 2.21. The molecule has 7 heteroatoms. The van der Waals surface area contributed by atoms with Crippen LogP contribution in [-0.4, -0.2) is 43.8 Å². The number of rotatable bonds is 6. The van der Waals surface area contributed by atoms with Gasteiger partial charge in [0, 0.05) is 19.0 Å². The Labute approximate surface area is 156 Å². The molecule has 0 aliphatic carbocycles. The lowest BCUT2D eigenvalue weighted by atomic mass is 10.1. The SMILES string of the molecule is COC(=O)c1cccc(C(=O)ON2CCC(COc3ccccc3F)C2)c1. The van der Waals surface area contributed by atoms with Crippen molar-refractivity contribution in [2.24, 2.45) is 5.92 Å². The number of carbonyl (C=O) groups is 2. The van der Waals surface area contributed by atoms with Gasteiger partial charge in [0.2, 0.25) is 0 Å². The van der Waals surface area contributed by atoms with Gasteiger partial charge < -0.3 is 14.3 Å². The molecule has 0 amide bonds. The zero-order chi connectivity index (χ0) is 19.2. The van der Waals surface area contributed by atoms with Crippen molar-refractivity contribution in [1.82, 2.24) is 5.06 Å². The zero-order valence-corrected chi connectivity index (χ0v) is 14.9. The molecule has 27 heavy (non-hydrogen) atoms. The Morgan fingerprint density at radius 1 is 1.11 bits per heavy atom. The first kappa shape index (κ1) is 18.8. The van der Waals surface area contributed by atoms with Crippen molar-refractivity contribution in [3.05, 3.63) is 65.5 Å². The fraction of sp³-hybridized carbons (Fsp3) is 0.300. The lowest BCUT2D eigenvalue weighted by molar-refractivity contribution is -0.0959. The van der Waals surface area contributed by atoms with Crippen molar-refractivity contribution in [1.29, 1.82) is 0 Å². The lowest BCUT2D eigenvalue weighted by Gasteiger charge is -2.16. The van der Waals surface area contributed by atoms with Gasteiger partial charge in [-0.25, -0.2) is 14.0 Å². The predicted molar refractivity (Wildman–Crippen MR) is 94.8 cm³/mol. The van der Waals surface area contributed by atoms with Crippen LogP contribution in [0.5, 0.6) is 5.75 Å². The summed E-state index contributed by atoms with van der Waals surface area (Å²) in [6, 6.07) is 12.4. The van der Waals surface area contributed by atoms with E-state index in [1.54, 1.807) is 41.5 Å². The van der Waals surface area contributed by atoms with Gasteiger partial charge >= 0.3 is 11.9 Å². The fourth-order valence-electron chi connectivity index (χ4n) is 2.85. The minimum Gasteiger partial charge on any atom is -0.490 e. The topological polar surface area (TPSA) is 65.1 Å². The molecule has 0 radical (unpaired) electrons. The summed E-state index contributed by atoms with van der Waals surface area (Å²) in [4.78, 5) is 29.2. The smallest absolute Gasteiger partial charge is 0.357 e. The summed E-state index contributed by atoms with van der Waals surface area (Å²) in [6.45, 7) is 1.40. The Morgan fingerprint density at radius 3 is 2.59 bits per heavy atom. The molecular formula is C20H20FNO5. The van der Waals surface area contributed by atoms with Crippen molar-refractivity contribution in [3.63, 3.8) is 0 Å². The minimum atomic E-state index is -0.545. The molecule has 1 aliphatic rings. The third kappa shape index (κ3) is 4.83. The second kappa shape index (κ2) is 8.64. The van der Waals surface area contributed by atoms with Gasteiger partial charge in [-0.15, -0.1) is 5.06 Å². The number of benzene rings is 2. The van der Waals surface area contributed by atoms with Crippen molar-refractivity contribution >= 4 is 11.9 Å². The zero-order valence-electron chi connectivity index (χ0n) is 14.9. The van der Waals surface area contributed by atoms with Gasteiger partial charge in [-0.2, -0.15) is 0 Å². The number of esters is 1. The summed E-state index contributed by atoms with van der Waals surface area (Å²) in [6.07, 6.45) is 0.768. The average molecular weight is 373 g/mol. The van der Waals surface area contributed by atoms with E-state index in [2.05, 4.69) is 4.74 Å². The van der Waals surface area contributed by atoms with Crippen molar-refractivity contribution in [3.8, 4) is 5.75 Å². The normalized spacial score (nSPS) is 16.7. The number of hydrogen-bond acceptors (Lipinski definition) is 6. The molecule has 1 heterocycles. The number of carbonyl (C=O) groups excluding carboxylic acids is 2. The van der Waals surface area contributed by atoms with E-state index in [4.69, 9.17) is 9.57 Å². The average Bonchev–Trinajstić information content (AvgIpc) is 3.14. The van der Waals surface area contributed by atoms with Gasteiger partial charge in [0.1, 0.15) is 0 Å². The highest BCUT2D eigenvalue weighted by atomic mass is 19.1. The van der Waals surface area contributed by atoms with Crippen LogP contribution < -0.4 is 4.74 Å². The van der Waals surface area contributed by atoms with Crippen LogP contribution in [0.2, 0.25) is 0 Å². The first-order chi connectivity index (χ1) is 13.1. The Balaban J connectivity index is 1.51. The molecule has 3 rings (SSSR count). The van der Waals surface area contributed by atoms with E-state index in [1.165, 1.54) is 19.2 Å². The number of nitrogens with zero attached hydrogens (tertiary/aromatic N) is 1. The largest absolute Gasteiger partial charge is 0.490 e. The van der Waals surface area contributed by atoms with E-state index in [0.717, 1.165) is 6.42 Å². The van der Waals surface area contributed by atoms with Gasteiger partial charge in [0.25, 0.3) is 0 Å². The maximum absolute atomic E-state index is 13.6. The van der Waals surface area contributed by atoms with Crippen LogP contribution in [0.4, 0.5) is 4.39 Å². The third-order valence-corrected chi connectivity index (χ3v) is 4.29. The standard InChI is InChI=1S/C20H20FNO5/c1-25-19(23)15-5-4-6-16(11-15)20(24)27-22-10-9-14(12-22)13-26-18-8-3-2-7-17(18)21/h2-8,11,14H,9-10,12-13H2,1H3. The molecule has 2 aromatic carbocycles. The molecule has 0 bridgehead atoms. The molecule has 1 aliphatic heterocycles. The van der Waals surface area contributed by atoms with E-state index >= 15 is 0 Å². The monoisotopic (exact) mass is 373 g/mol. The molecular weight excluding hydrogens is 353 g/mol. The summed E-state index contributed by atoms with van der Waals surface area (Å²) in [7, 11) is 1.28.